The molecule has 1 rings (SSSR count). The highest BCUT2D eigenvalue weighted by atomic mass is 16.2. The Balaban J connectivity index is 2.92. The summed E-state index contributed by atoms with van der Waals surface area (Å²) in [6, 6.07) is 7.92. The maximum Gasteiger partial charge on any atom is 0.245 e. The minimum Gasteiger partial charge on any atom is -0.343 e. The molecule has 0 aliphatic carbocycles. The van der Waals surface area contributed by atoms with E-state index in [1.165, 1.54) is 4.90 Å². The van der Waals surface area contributed by atoms with Gasteiger partial charge in [-0.1, -0.05) is 36.4 Å². The predicted molar refractivity (Wildman–Crippen MR) is 115 cm³/mol. The van der Waals surface area contributed by atoms with Crippen LogP contribution in [0.25, 0.3) is 0 Å². The molecule has 0 aliphatic rings. The summed E-state index contributed by atoms with van der Waals surface area (Å²) in [7, 11) is 1.57. The van der Waals surface area contributed by atoms with Gasteiger partial charge in [0.05, 0.1) is 12.1 Å². The second-order valence-corrected chi connectivity index (χ2v) is 7.11. The van der Waals surface area contributed by atoms with Crippen LogP contribution >= 0.6 is 0 Å². The number of carbonyl (C=O) groups is 3. The molecular formula is C22H34N4O3. The topological polar surface area (TPSA) is 105 Å². The zero-order chi connectivity index (χ0) is 21.6. The van der Waals surface area contributed by atoms with Gasteiger partial charge >= 0.3 is 0 Å². The van der Waals surface area contributed by atoms with Crippen LogP contribution in [0.1, 0.15) is 31.7 Å². The van der Waals surface area contributed by atoms with Crippen molar-refractivity contribution < 1.29 is 14.4 Å². The standard InChI is InChI=1S/C22H34N4O3/c1-4-14-24-20(15-18-10-6-5-7-11-18)21(28)25-19(12-8-9-13-23)22(29)26(3)17(2)16-27/h4-7,10-11,16-17,19-20,24H,1,8-9,12-15,23H2,2-3H3,(H,25,28)/t17-,19-,20-/m0/s1. The summed E-state index contributed by atoms with van der Waals surface area (Å²) in [5.74, 6) is -0.536. The zero-order valence-corrected chi connectivity index (χ0v) is 17.5. The monoisotopic (exact) mass is 402 g/mol. The van der Waals surface area contributed by atoms with Crippen molar-refractivity contribution in [1.29, 1.82) is 0 Å². The minimum atomic E-state index is -0.703. The van der Waals surface area contributed by atoms with Crippen LogP contribution in [-0.2, 0) is 20.8 Å². The first kappa shape index (κ1) is 24.5. The SMILES string of the molecule is C=CCN[C@@H](Cc1ccccc1)C(=O)N[C@@H](CCCCN)C(=O)N(C)[C@@H](C)C=O. The van der Waals surface area contributed by atoms with Crippen molar-refractivity contribution in [2.45, 2.75) is 50.7 Å². The molecule has 7 nitrogen and oxygen atoms in total. The summed E-state index contributed by atoms with van der Waals surface area (Å²) in [4.78, 5) is 38.3. The molecule has 0 spiro atoms. The van der Waals surface area contributed by atoms with Gasteiger partial charge in [-0.2, -0.15) is 0 Å². The molecule has 0 saturated carbocycles. The van der Waals surface area contributed by atoms with Gasteiger partial charge in [0.15, 0.2) is 0 Å². The predicted octanol–water partition coefficient (Wildman–Crippen LogP) is 1.03. The molecule has 0 saturated heterocycles. The van der Waals surface area contributed by atoms with Gasteiger partial charge in [0.25, 0.3) is 0 Å². The van der Waals surface area contributed by atoms with E-state index >= 15 is 0 Å². The van der Waals surface area contributed by atoms with Gasteiger partial charge in [-0.15, -0.1) is 6.58 Å². The number of hydrogen-bond acceptors (Lipinski definition) is 5. The van der Waals surface area contributed by atoms with E-state index in [1.54, 1.807) is 20.0 Å². The molecule has 29 heavy (non-hydrogen) atoms. The number of likely N-dealkylation sites (N-methyl/N-ethyl adjacent to an activating group) is 1. The number of hydrogen-bond donors (Lipinski definition) is 3. The second-order valence-electron chi connectivity index (χ2n) is 7.11. The molecule has 7 heteroatoms. The van der Waals surface area contributed by atoms with Gasteiger partial charge < -0.3 is 26.1 Å². The van der Waals surface area contributed by atoms with Crippen molar-refractivity contribution in [1.82, 2.24) is 15.5 Å². The van der Waals surface area contributed by atoms with Crippen LogP contribution in [0.3, 0.4) is 0 Å². The van der Waals surface area contributed by atoms with Crippen molar-refractivity contribution in [3.05, 3.63) is 48.6 Å². The maximum absolute atomic E-state index is 13.0. The lowest BCUT2D eigenvalue weighted by molar-refractivity contribution is -0.139. The lowest BCUT2D eigenvalue weighted by Crippen LogP contribution is -2.54. The second kappa shape index (κ2) is 13.6. The van der Waals surface area contributed by atoms with E-state index in [4.69, 9.17) is 5.73 Å². The van der Waals surface area contributed by atoms with Gasteiger partial charge in [0.1, 0.15) is 12.3 Å². The van der Waals surface area contributed by atoms with Crippen LogP contribution in [-0.4, -0.2) is 61.3 Å². The van der Waals surface area contributed by atoms with Gasteiger partial charge in [-0.3, -0.25) is 9.59 Å². The van der Waals surface area contributed by atoms with E-state index in [0.717, 1.165) is 12.0 Å². The van der Waals surface area contributed by atoms with Crippen molar-refractivity contribution in [2.75, 3.05) is 20.1 Å². The third-order valence-corrected chi connectivity index (χ3v) is 4.82. The molecule has 2 amide bonds. The Kier molecular flexibility index (Phi) is 11.5. The Hall–Kier alpha value is -2.51. The molecule has 0 radical (unpaired) electrons. The third kappa shape index (κ3) is 8.58. The van der Waals surface area contributed by atoms with Crippen molar-refractivity contribution in [2.24, 2.45) is 5.73 Å². The summed E-state index contributed by atoms with van der Waals surface area (Å²) in [6.07, 6.45) is 4.83. The quantitative estimate of drug-likeness (QED) is 0.245. The molecule has 0 aromatic heterocycles. The van der Waals surface area contributed by atoms with Crippen LogP contribution in [0, 0.1) is 0 Å². The average molecular weight is 403 g/mol. The Morgan fingerprint density at radius 3 is 2.48 bits per heavy atom. The molecule has 0 bridgehead atoms. The van der Waals surface area contributed by atoms with Crippen LogP contribution in [0.5, 0.6) is 0 Å². The van der Waals surface area contributed by atoms with E-state index in [2.05, 4.69) is 17.2 Å². The summed E-state index contributed by atoms with van der Waals surface area (Å²) in [6.45, 7) is 6.33. The number of unbranched alkanes of at least 4 members (excludes halogenated alkanes) is 1. The zero-order valence-electron chi connectivity index (χ0n) is 17.5. The van der Waals surface area contributed by atoms with E-state index < -0.39 is 18.1 Å². The smallest absolute Gasteiger partial charge is 0.245 e. The lowest BCUT2D eigenvalue weighted by atomic mass is 10.0. The first-order valence-corrected chi connectivity index (χ1v) is 10.0. The molecule has 4 N–H and O–H groups in total. The van der Waals surface area contributed by atoms with Crippen molar-refractivity contribution in [3.63, 3.8) is 0 Å². The van der Waals surface area contributed by atoms with E-state index in [9.17, 15) is 14.4 Å². The number of amides is 2. The fraction of sp³-hybridized carbons (Fsp3) is 0.500. The average Bonchev–Trinajstić information content (AvgIpc) is 2.74. The molecule has 1 aromatic carbocycles. The number of carbonyl (C=O) groups excluding carboxylic acids is 3. The highest BCUT2D eigenvalue weighted by Gasteiger charge is 2.28. The van der Waals surface area contributed by atoms with Gasteiger partial charge in [0.2, 0.25) is 11.8 Å². The number of rotatable bonds is 14. The molecular weight excluding hydrogens is 368 g/mol. The van der Waals surface area contributed by atoms with E-state index in [0.29, 0.717) is 38.6 Å². The first-order valence-electron chi connectivity index (χ1n) is 10.0. The molecule has 0 heterocycles. The maximum atomic E-state index is 13.0. The van der Waals surface area contributed by atoms with Crippen LogP contribution in [0.4, 0.5) is 0 Å². The molecule has 0 aliphatic heterocycles. The summed E-state index contributed by atoms with van der Waals surface area (Å²) in [5.41, 5.74) is 6.58. The number of nitrogens with zero attached hydrogens (tertiary/aromatic N) is 1. The van der Waals surface area contributed by atoms with Crippen LogP contribution in [0.15, 0.2) is 43.0 Å². The minimum absolute atomic E-state index is 0.256. The largest absolute Gasteiger partial charge is 0.343 e. The number of nitrogens with one attached hydrogen (secondary N) is 2. The Morgan fingerprint density at radius 1 is 1.21 bits per heavy atom. The van der Waals surface area contributed by atoms with Crippen LogP contribution in [0.2, 0.25) is 0 Å². The summed E-state index contributed by atoms with van der Waals surface area (Å²) >= 11 is 0. The number of nitrogens with two attached hydrogens (primary N) is 1. The van der Waals surface area contributed by atoms with Crippen LogP contribution < -0.4 is 16.4 Å². The molecule has 0 unspecified atom stereocenters. The Morgan fingerprint density at radius 2 is 1.90 bits per heavy atom. The number of benzene rings is 1. The summed E-state index contributed by atoms with van der Waals surface area (Å²) < 4.78 is 0. The fourth-order valence-corrected chi connectivity index (χ4v) is 2.89. The lowest BCUT2D eigenvalue weighted by Gasteiger charge is -2.28. The van der Waals surface area contributed by atoms with Gasteiger partial charge in [-0.05, 0) is 44.7 Å². The molecule has 1 aromatic rings. The highest BCUT2D eigenvalue weighted by Crippen LogP contribution is 2.09. The summed E-state index contributed by atoms with van der Waals surface area (Å²) in [5, 5.41) is 6.04. The normalized spacial score (nSPS) is 13.8. The van der Waals surface area contributed by atoms with E-state index in [1.807, 2.05) is 30.3 Å². The fourth-order valence-electron chi connectivity index (χ4n) is 2.89. The Labute approximate surface area is 173 Å². The number of aldehydes is 1. The molecule has 3 atom stereocenters. The molecule has 0 fully saturated rings. The van der Waals surface area contributed by atoms with Gasteiger partial charge in [0, 0.05) is 13.6 Å². The highest BCUT2D eigenvalue weighted by molar-refractivity contribution is 5.90. The van der Waals surface area contributed by atoms with E-state index in [-0.39, 0.29) is 11.8 Å². The Bertz CT molecular complexity index is 651. The third-order valence-electron chi connectivity index (χ3n) is 4.82. The molecule has 160 valence electrons. The van der Waals surface area contributed by atoms with Gasteiger partial charge in [-0.25, -0.2) is 0 Å². The van der Waals surface area contributed by atoms with Crippen molar-refractivity contribution in [3.8, 4) is 0 Å². The van der Waals surface area contributed by atoms with Crippen molar-refractivity contribution >= 4 is 18.1 Å². The first-order chi connectivity index (χ1) is 13.9.